The number of fused-ring (bicyclic) bond motifs is 1. The van der Waals surface area contributed by atoms with Crippen molar-refractivity contribution in [2.24, 2.45) is 11.0 Å². The highest BCUT2D eigenvalue weighted by Gasteiger charge is 2.44. The summed E-state index contributed by atoms with van der Waals surface area (Å²) in [6, 6.07) is 22.8. The molecule has 0 saturated heterocycles. The van der Waals surface area contributed by atoms with Gasteiger partial charge in [0.1, 0.15) is 11.5 Å². The summed E-state index contributed by atoms with van der Waals surface area (Å²) in [4.78, 5) is 13.7. The molecule has 0 radical (unpaired) electrons. The number of hydrogen-bond acceptors (Lipinski definition) is 4. The first-order valence-corrected chi connectivity index (χ1v) is 12.1. The van der Waals surface area contributed by atoms with Crippen molar-refractivity contribution in [3.8, 4) is 11.5 Å². The molecule has 6 heteroatoms. The lowest BCUT2D eigenvalue weighted by Gasteiger charge is -2.29. The normalized spacial score (nSPS) is 20.4. The van der Waals surface area contributed by atoms with Gasteiger partial charge in [0.05, 0.1) is 26.0 Å². The van der Waals surface area contributed by atoms with Crippen molar-refractivity contribution in [2.45, 2.75) is 25.3 Å². The van der Waals surface area contributed by atoms with E-state index in [9.17, 15) is 4.79 Å². The average molecular weight is 487 g/mol. The van der Waals surface area contributed by atoms with Gasteiger partial charge in [0.25, 0.3) is 5.91 Å². The number of ether oxygens (including phenoxy) is 2. The van der Waals surface area contributed by atoms with Crippen molar-refractivity contribution >= 4 is 29.3 Å². The van der Waals surface area contributed by atoms with E-state index in [-0.39, 0.29) is 17.9 Å². The van der Waals surface area contributed by atoms with Crippen molar-refractivity contribution in [1.82, 2.24) is 5.01 Å². The van der Waals surface area contributed by atoms with Crippen molar-refractivity contribution in [2.75, 3.05) is 14.2 Å². The molecule has 1 fully saturated rings. The minimum absolute atomic E-state index is 0.116. The molecule has 2 aliphatic rings. The Kier molecular flexibility index (Phi) is 6.60. The topological polar surface area (TPSA) is 51.1 Å². The highest BCUT2D eigenvalue weighted by atomic mass is 35.5. The molecule has 0 spiro atoms. The number of carbonyl (C=O) groups excluding carboxylic acids is 1. The van der Waals surface area contributed by atoms with E-state index in [2.05, 4.69) is 6.08 Å². The summed E-state index contributed by atoms with van der Waals surface area (Å²) in [5.41, 5.74) is 4.81. The Morgan fingerprint density at radius 3 is 2.34 bits per heavy atom. The Hall–Kier alpha value is -3.57. The second kappa shape index (κ2) is 9.96. The van der Waals surface area contributed by atoms with Gasteiger partial charge in [-0.05, 0) is 84.5 Å². The van der Waals surface area contributed by atoms with Gasteiger partial charge in [-0.3, -0.25) is 4.79 Å². The van der Waals surface area contributed by atoms with E-state index in [4.69, 9.17) is 26.2 Å². The van der Waals surface area contributed by atoms with Crippen LogP contribution in [0.1, 0.15) is 46.8 Å². The zero-order valence-electron chi connectivity index (χ0n) is 19.8. The van der Waals surface area contributed by atoms with Crippen LogP contribution in [0.3, 0.4) is 0 Å². The standard InChI is InChI=1S/C29H27ClN2O3/c1-34-24-13-9-19(10-14-24)17-21-5-4-8-26-27(21)31-32(29(33)22-6-3-7-23(30)18-22)28(26)20-11-15-25(35-2)16-12-20/h3,6-7,9-18,26,28H,4-5,8H2,1-2H3/b21-17+. The van der Waals surface area contributed by atoms with E-state index in [1.807, 2.05) is 48.5 Å². The van der Waals surface area contributed by atoms with Crippen LogP contribution < -0.4 is 9.47 Å². The monoisotopic (exact) mass is 486 g/mol. The predicted molar refractivity (Wildman–Crippen MR) is 139 cm³/mol. The molecule has 35 heavy (non-hydrogen) atoms. The van der Waals surface area contributed by atoms with E-state index < -0.39 is 0 Å². The van der Waals surface area contributed by atoms with Crippen LogP contribution in [-0.4, -0.2) is 30.8 Å². The van der Waals surface area contributed by atoms with Gasteiger partial charge < -0.3 is 9.47 Å². The SMILES string of the molecule is COc1ccc(/C=C2\CCCC3C2=NN(C(=O)c2cccc(Cl)c2)C3c2ccc(OC)cc2)cc1. The van der Waals surface area contributed by atoms with Gasteiger partial charge in [-0.25, -0.2) is 5.01 Å². The molecule has 1 heterocycles. The van der Waals surface area contributed by atoms with Gasteiger partial charge in [-0.15, -0.1) is 0 Å². The van der Waals surface area contributed by atoms with Gasteiger partial charge >= 0.3 is 0 Å². The summed E-state index contributed by atoms with van der Waals surface area (Å²) in [5.74, 6) is 1.57. The zero-order valence-corrected chi connectivity index (χ0v) is 20.5. The van der Waals surface area contributed by atoms with E-state index in [0.717, 1.165) is 47.6 Å². The highest BCUT2D eigenvalue weighted by Crippen LogP contribution is 2.45. The first-order valence-electron chi connectivity index (χ1n) is 11.7. The molecule has 5 rings (SSSR count). The number of nitrogens with zero attached hydrogens (tertiary/aromatic N) is 2. The number of hydrazone groups is 1. The lowest BCUT2D eigenvalue weighted by Crippen LogP contribution is -2.31. The number of methoxy groups -OCH3 is 2. The number of amides is 1. The number of carbonyl (C=O) groups is 1. The molecule has 0 N–H and O–H groups in total. The number of allylic oxidation sites excluding steroid dienone is 1. The molecule has 0 aromatic heterocycles. The molecule has 1 amide bonds. The fourth-order valence-electron chi connectivity index (χ4n) is 4.96. The maximum Gasteiger partial charge on any atom is 0.274 e. The highest BCUT2D eigenvalue weighted by molar-refractivity contribution is 6.31. The Labute approximate surface area is 210 Å². The Morgan fingerprint density at radius 2 is 1.69 bits per heavy atom. The van der Waals surface area contributed by atoms with Crippen molar-refractivity contribution in [3.05, 3.63) is 100 Å². The molecule has 2 atom stereocenters. The molecule has 178 valence electrons. The van der Waals surface area contributed by atoms with Crippen LogP contribution in [0.4, 0.5) is 0 Å². The lowest BCUT2D eigenvalue weighted by molar-refractivity contribution is 0.0681. The maximum absolute atomic E-state index is 13.7. The Bertz CT molecular complexity index is 1280. The first kappa shape index (κ1) is 23.2. The molecule has 1 aliphatic carbocycles. The smallest absolute Gasteiger partial charge is 0.274 e. The molecule has 3 aromatic rings. The maximum atomic E-state index is 13.7. The van der Waals surface area contributed by atoms with Crippen molar-refractivity contribution in [3.63, 3.8) is 0 Å². The minimum atomic E-state index is -0.193. The quantitative estimate of drug-likeness (QED) is 0.398. The summed E-state index contributed by atoms with van der Waals surface area (Å²) < 4.78 is 10.6. The molecular weight excluding hydrogens is 460 g/mol. The van der Waals surface area contributed by atoms with Gasteiger partial charge in [0, 0.05) is 16.5 Å². The third-order valence-corrected chi connectivity index (χ3v) is 6.93. The summed E-state index contributed by atoms with van der Waals surface area (Å²) in [7, 11) is 3.31. The Morgan fingerprint density at radius 1 is 1.00 bits per heavy atom. The third-order valence-electron chi connectivity index (χ3n) is 6.70. The molecule has 2 unspecified atom stereocenters. The summed E-state index contributed by atoms with van der Waals surface area (Å²) >= 11 is 6.20. The van der Waals surface area contributed by atoms with Crippen molar-refractivity contribution in [1.29, 1.82) is 0 Å². The molecule has 5 nitrogen and oxygen atoms in total. The van der Waals surface area contributed by atoms with Crippen LogP contribution in [0.5, 0.6) is 11.5 Å². The molecular formula is C29H27ClN2O3. The fourth-order valence-corrected chi connectivity index (χ4v) is 5.15. The lowest BCUT2D eigenvalue weighted by atomic mass is 9.77. The van der Waals surface area contributed by atoms with E-state index in [0.29, 0.717) is 10.6 Å². The second-order valence-electron chi connectivity index (χ2n) is 8.80. The van der Waals surface area contributed by atoms with E-state index in [1.165, 1.54) is 5.57 Å². The van der Waals surface area contributed by atoms with Gasteiger partial charge in [0.15, 0.2) is 0 Å². The fraction of sp³-hybridized carbons (Fsp3) is 0.241. The predicted octanol–water partition coefficient (Wildman–Crippen LogP) is 6.79. The van der Waals surface area contributed by atoms with Crippen LogP contribution in [0.15, 0.2) is 83.5 Å². The van der Waals surface area contributed by atoms with Crippen LogP contribution in [0, 0.1) is 5.92 Å². The van der Waals surface area contributed by atoms with Crippen LogP contribution in [0.25, 0.3) is 6.08 Å². The summed E-state index contributed by atoms with van der Waals surface area (Å²) in [6.07, 6.45) is 5.12. The van der Waals surface area contributed by atoms with Crippen LogP contribution in [-0.2, 0) is 0 Å². The first-order chi connectivity index (χ1) is 17.1. The summed E-state index contributed by atoms with van der Waals surface area (Å²) in [6.45, 7) is 0. The van der Waals surface area contributed by atoms with Crippen LogP contribution in [0.2, 0.25) is 5.02 Å². The number of halogens is 1. The second-order valence-corrected chi connectivity index (χ2v) is 9.24. The Balaban J connectivity index is 1.56. The minimum Gasteiger partial charge on any atom is -0.497 e. The molecule has 1 saturated carbocycles. The number of hydrogen-bond donors (Lipinski definition) is 0. The van der Waals surface area contributed by atoms with Gasteiger partial charge in [-0.2, -0.15) is 5.10 Å². The average Bonchev–Trinajstić information content (AvgIpc) is 3.29. The van der Waals surface area contributed by atoms with E-state index in [1.54, 1.807) is 43.5 Å². The molecule has 0 bridgehead atoms. The van der Waals surface area contributed by atoms with Gasteiger partial charge in [0.2, 0.25) is 0 Å². The summed E-state index contributed by atoms with van der Waals surface area (Å²) in [5, 5.41) is 7.14. The molecule has 3 aromatic carbocycles. The third kappa shape index (κ3) is 4.69. The molecule has 1 aliphatic heterocycles. The van der Waals surface area contributed by atoms with Crippen LogP contribution >= 0.6 is 11.6 Å². The van der Waals surface area contributed by atoms with Gasteiger partial charge in [-0.1, -0.05) is 41.9 Å². The van der Waals surface area contributed by atoms with E-state index >= 15 is 0 Å². The van der Waals surface area contributed by atoms with Crippen molar-refractivity contribution < 1.29 is 14.3 Å². The largest absolute Gasteiger partial charge is 0.497 e. The number of benzene rings is 3. The number of rotatable bonds is 5. The zero-order chi connectivity index (χ0) is 24.4.